The largest absolute Gasteiger partial charge is 0.354 e. The second kappa shape index (κ2) is 6.45. The predicted molar refractivity (Wildman–Crippen MR) is 67.8 cm³/mol. The van der Waals surface area contributed by atoms with Crippen LogP contribution in [0.4, 0.5) is 0 Å². The Hall–Kier alpha value is -0.280. The van der Waals surface area contributed by atoms with Crippen LogP contribution < -0.4 is 5.32 Å². The minimum atomic E-state index is 0.133. The smallest absolute Gasteiger partial charge is 0.220 e. The third-order valence-electron chi connectivity index (χ3n) is 3.64. The summed E-state index contributed by atoms with van der Waals surface area (Å²) in [5.74, 6) is 0.695. The van der Waals surface area contributed by atoms with Crippen LogP contribution in [0.5, 0.6) is 0 Å². The molecule has 1 amide bonds. The Balaban J connectivity index is 2.36. The molecule has 1 fully saturated rings. The second-order valence-electron chi connectivity index (χ2n) is 4.90. The Labute approximate surface area is 104 Å². The normalized spacial score (nSPS) is 19.0. The quantitative estimate of drug-likeness (QED) is 0.727. The number of carbonyl (C=O) groups excluding carboxylic acids is 1. The van der Waals surface area contributed by atoms with E-state index in [9.17, 15) is 4.79 Å². The van der Waals surface area contributed by atoms with E-state index in [-0.39, 0.29) is 11.4 Å². The summed E-state index contributed by atoms with van der Waals surface area (Å²) in [6.45, 7) is 0.779. The van der Waals surface area contributed by atoms with Gasteiger partial charge in [0.05, 0.1) is 0 Å². The van der Waals surface area contributed by atoms with Crippen LogP contribution in [0, 0.1) is 0 Å². The summed E-state index contributed by atoms with van der Waals surface area (Å²) < 4.78 is 0. The lowest BCUT2D eigenvalue weighted by Gasteiger charge is -2.36. The molecule has 0 atom stereocenters. The Morgan fingerprint density at radius 3 is 2.50 bits per heavy atom. The molecule has 0 radical (unpaired) electrons. The lowest BCUT2D eigenvalue weighted by molar-refractivity contribution is -0.121. The van der Waals surface area contributed by atoms with Gasteiger partial charge in [-0.15, -0.1) is 11.6 Å². The second-order valence-corrected chi connectivity index (χ2v) is 5.27. The maximum Gasteiger partial charge on any atom is 0.220 e. The lowest BCUT2D eigenvalue weighted by atomic mass is 9.96. The molecule has 0 aromatic heterocycles. The molecule has 0 aromatic rings. The fourth-order valence-electron chi connectivity index (χ4n) is 2.39. The number of nitrogens with one attached hydrogen (secondary N) is 1. The van der Waals surface area contributed by atoms with E-state index in [4.69, 9.17) is 11.6 Å². The number of halogens is 1. The first-order valence-electron chi connectivity index (χ1n) is 6.11. The number of hydrogen-bond donors (Lipinski definition) is 1. The minimum Gasteiger partial charge on any atom is -0.354 e. The van der Waals surface area contributed by atoms with Crippen molar-refractivity contribution in [2.45, 2.75) is 44.1 Å². The van der Waals surface area contributed by atoms with Gasteiger partial charge in [0.2, 0.25) is 5.91 Å². The van der Waals surface area contributed by atoms with Gasteiger partial charge in [-0.3, -0.25) is 4.79 Å². The molecule has 1 aliphatic rings. The third-order valence-corrected chi connectivity index (χ3v) is 3.90. The molecule has 94 valence electrons. The van der Waals surface area contributed by atoms with Gasteiger partial charge in [0.15, 0.2) is 0 Å². The fourth-order valence-corrected chi connectivity index (χ4v) is 2.53. The van der Waals surface area contributed by atoms with Gasteiger partial charge in [-0.25, -0.2) is 0 Å². The fraction of sp³-hybridized carbons (Fsp3) is 0.917. The van der Waals surface area contributed by atoms with Crippen LogP contribution in [0.15, 0.2) is 0 Å². The summed E-state index contributed by atoms with van der Waals surface area (Å²) in [6, 6.07) is 0. The van der Waals surface area contributed by atoms with E-state index >= 15 is 0 Å². The molecule has 0 spiro atoms. The van der Waals surface area contributed by atoms with Crippen LogP contribution in [-0.4, -0.2) is 42.9 Å². The number of alkyl halides is 1. The number of carbonyl (C=O) groups is 1. The number of rotatable bonds is 6. The SMILES string of the molecule is CN(C)C1(CNC(=O)CCCCl)CCCC1. The molecular weight excluding hydrogens is 224 g/mol. The van der Waals surface area contributed by atoms with Crippen molar-refractivity contribution in [3.05, 3.63) is 0 Å². The average molecular weight is 247 g/mol. The van der Waals surface area contributed by atoms with E-state index in [0.717, 1.165) is 13.0 Å². The third kappa shape index (κ3) is 3.63. The molecular formula is C12H23ClN2O. The number of nitrogens with zero attached hydrogens (tertiary/aromatic N) is 1. The summed E-state index contributed by atoms with van der Waals surface area (Å²) in [5, 5.41) is 3.04. The maximum atomic E-state index is 11.5. The van der Waals surface area contributed by atoms with Gasteiger partial charge in [0.1, 0.15) is 0 Å². The lowest BCUT2D eigenvalue weighted by Crippen LogP contribution is -2.50. The molecule has 3 nitrogen and oxygen atoms in total. The molecule has 0 unspecified atom stereocenters. The van der Waals surface area contributed by atoms with Crippen molar-refractivity contribution in [1.82, 2.24) is 10.2 Å². The summed E-state index contributed by atoms with van der Waals surface area (Å²) in [6.07, 6.45) is 6.24. The molecule has 0 saturated heterocycles. The molecule has 1 saturated carbocycles. The minimum absolute atomic E-state index is 0.133. The zero-order chi connectivity index (χ0) is 12.0. The molecule has 0 bridgehead atoms. The van der Waals surface area contributed by atoms with Gasteiger partial charge in [0, 0.05) is 24.4 Å². The van der Waals surface area contributed by atoms with Crippen LogP contribution in [0.25, 0.3) is 0 Å². The monoisotopic (exact) mass is 246 g/mol. The van der Waals surface area contributed by atoms with Crippen LogP contribution in [0.1, 0.15) is 38.5 Å². The Kier molecular flexibility index (Phi) is 5.56. The van der Waals surface area contributed by atoms with E-state index in [1.807, 2.05) is 0 Å². The van der Waals surface area contributed by atoms with Crippen LogP contribution in [0.3, 0.4) is 0 Å². The first-order valence-corrected chi connectivity index (χ1v) is 6.64. The standard InChI is InChI=1S/C12H23ClN2O/c1-15(2)12(7-3-4-8-12)10-14-11(16)6-5-9-13/h3-10H2,1-2H3,(H,14,16). The van der Waals surface area contributed by atoms with Crippen molar-refractivity contribution in [3.8, 4) is 0 Å². The van der Waals surface area contributed by atoms with E-state index in [1.165, 1.54) is 25.7 Å². The van der Waals surface area contributed by atoms with Crippen LogP contribution in [0.2, 0.25) is 0 Å². The van der Waals surface area contributed by atoms with Crippen molar-refractivity contribution in [2.24, 2.45) is 0 Å². The summed E-state index contributed by atoms with van der Waals surface area (Å²) in [7, 11) is 4.21. The Morgan fingerprint density at radius 2 is 2.00 bits per heavy atom. The first-order chi connectivity index (χ1) is 7.60. The Bertz CT molecular complexity index is 225. The van der Waals surface area contributed by atoms with Crippen molar-refractivity contribution in [2.75, 3.05) is 26.5 Å². The first kappa shape index (κ1) is 13.8. The summed E-state index contributed by atoms with van der Waals surface area (Å²) in [5.41, 5.74) is 0.191. The van der Waals surface area contributed by atoms with Gasteiger partial charge >= 0.3 is 0 Å². The molecule has 1 aliphatic carbocycles. The van der Waals surface area contributed by atoms with Gasteiger partial charge in [0.25, 0.3) is 0 Å². The summed E-state index contributed by atoms with van der Waals surface area (Å²) in [4.78, 5) is 13.8. The zero-order valence-corrected chi connectivity index (χ0v) is 11.1. The molecule has 0 aliphatic heterocycles. The van der Waals surface area contributed by atoms with Crippen molar-refractivity contribution >= 4 is 17.5 Å². The number of amides is 1. The topological polar surface area (TPSA) is 32.3 Å². The van der Waals surface area contributed by atoms with Gasteiger partial charge in [-0.05, 0) is 33.4 Å². The Morgan fingerprint density at radius 1 is 1.38 bits per heavy atom. The highest BCUT2D eigenvalue weighted by atomic mass is 35.5. The van der Waals surface area contributed by atoms with Gasteiger partial charge < -0.3 is 10.2 Å². The van der Waals surface area contributed by atoms with E-state index in [0.29, 0.717) is 12.3 Å². The summed E-state index contributed by atoms with van der Waals surface area (Å²) >= 11 is 5.56. The molecule has 4 heteroatoms. The van der Waals surface area contributed by atoms with Crippen LogP contribution in [-0.2, 0) is 4.79 Å². The highest BCUT2D eigenvalue weighted by molar-refractivity contribution is 6.17. The number of likely N-dealkylation sites (N-methyl/N-ethyl adjacent to an activating group) is 1. The highest BCUT2D eigenvalue weighted by Crippen LogP contribution is 2.33. The molecule has 0 aromatic carbocycles. The van der Waals surface area contributed by atoms with E-state index in [1.54, 1.807) is 0 Å². The van der Waals surface area contributed by atoms with Crippen molar-refractivity contribution < 1.29 is 4.79 Å². The number of hydrogen-bond acceptors (Lipinski definition) is 2. The highest BCUT2D eigenvalue weighted by Gasteiger charge is 2.35. The molecule has 1 N–H and O–H groups in total. The van der Waals surface area contributed by atoms with Crippen molar-refractivity contribution in [3.63, 3.8) is 0 Å². The van der Waals surface area contributed by atoms with E-state index < -0.39 is 0 Å². The van der Waals surface area contributed by atoms with Gasteiger partial charge in [-0.1, -0.05) is 12.8 Å². The molecule has 0 heterocycles. The van der Waals surface area contributed by atoms with Crippen molar-refractivity contribution in [1.29, 1.82) is 0 Å². The maximum absolute atomic E-state index is 11.5. The van der Waals surface area contributed by atoms with Crippen LogP contribution >= 0.6 is 11.6 Å². The average Bonchev–Trinajstić information content (AvgIpc) is 2.73. The zero-order valence-electron chi connectivity index (χ0n) is 10.4. The van der Waals surface area contributed by atoms with Gasteiger partial charge in [-0.2, -0.15) is 0 Å². The molecule has 16 heavy (non-hydrogen) atoms. The molecule has 1 rings (SSSR count). The van der Waals surface area contributed by atoms with E-state index in [2.05, 4.69) is 24.3 Å². The predicted octanol–water partition coefficient (Wildman–Crippen LogP) is 2.00.